The number of hydrogen-bond acceptors (Lipinski definition) is 4. The Labute approximate surface area is 154 Å². The van der Waals surface area contributed by atoms with E-state index >= 15 is 0 Å². The van der Waals surface area contributed by atoms with Gasteiger partial charge in [0.1, 0.15) is 5.82 Å². The number of likely N-dealkylation sites (tertiary alicyclic amines) is 1. The van der Waals surface area contributed by atoms with E-state index in [4.69, 9.17) is 0 Å². The fraction of sp³-hybridized carbons (Fsp3) is 0.476. The smallest absolute Gasteiger partial charge is 0.242 e. The van der Waals surface area contributed by atoms with Crippen molar-refractivity contribution in [2.45, 2.75) is 57.5 Å². The predicted octanol–water partition coefficient (Wildman–Crippen LogP) is 3.66. The van der Waals surface area contributed by atoms with Crippen LogP contribution >= 0.6 is 0 Å². The Kier molecular flexibility index (Phi) is 4.98. The third kappa shape index (κ3) is 3.93. The molecule has 4 rings (SSSR count). The maximum absolute atomic E-state index is 12.9. The second-order valence-electron chi connectivity index (χ2n) is 7.49. The van der Waals surface area contributed by atoms with Gasteiger partial charge in [0, 0.05) is 18.9 Å². The summed E-state index contributed by atoms with van der Waals surface area (Å²) in [4.78, 5) is 24.1. The highest BCUT2D eigenvalue weighted by Crippen LogP contribution is 2.39. The molecule has 2 fully saturated rings. The van der Waals surface area contributed by atoms with Crippen LogP contribution in [0.5, 0.6) is 0 Å². The fourth-order valence-electron chi connectivity index (χ4n) is 3.70. The third-order valence-electron chi connectivity index (χ3n) is 5.47. The van der Waals surface area contributed by atoms with E-state index in [1.54, 1.807) is 0 Å². The largest absolute Gasteiger partial charge is 0.309 e. The van der Waals surface area contributed by atoms with Crippen LogP contribution < -0.4 is 5.32 Å². The monoisotopic (exact) mass is 350 g/mol. The number of aromatic nitrogens is 2. The first-order valence-electron chi connectivity index (χ1n) is 9.62. The molecule has 1 saturated carbocycles. The summed E-state index contributed by atoms with van der Waals surface area (Å²) < 4.78 is 0. The van der Waals surface area contributed by atoms with Gasteiger partial charge in [-0.1, -0.05) is 18.6 Å². The summed E-state index contributed by atoms with van der Waals surface area (Å²) in [5.41, 5.74) is 3.52. The molecule has 2 aliphatic rings. The molecule has 1 atom stereocenters. The Morgan fingerprint density at radius 3 is 2.81 bits per heavy atom. The normalized spacial score (nSPS) is 20.7. The van der Waals surface area contributed by atoms with Crippen LogP contribution in [0.4, 0.5) is 5.82 Å². The molecule has 1 amide bonds. The van der Waals surface area contributed by atoms with Crippen LogP contribution in [0, 0.1) is 6.92 Å². The number of carbonyl (C=O) groups excluding carboxylic acids is 1. The number of amides is 1. The minimum Gasteiger partial charge on any atom is -0.309 e. The molecule has 3 heterocycles. The second kappa shape index (κ2) is 7.54. The summed E-state index contributed by atoms with van der Waals surface area (Å²) in [6.45, 7) is 3.73. The van der Waals surface area contributed by atoms with E-state index in [0.29, 0.717) is 11.7 Å². The molecule has 1 N–H and O–H groups in total. The van der Waals surface area contributed by atoms with Gasteiger partial charge >= 0.3 is 0 Å². The number of aryl methyl sites for hydroxylation is 1. The van der Waals surface area contributed by atoms with E-state index < -0.39 is 0 Å². The Morgan fingerprint density at radius 2 is 2.08 bits per heavy atom. The van der Waals surface area contributed by atoms with E-state index in [9.17, 15) is 4.79 Å². The average Bonchev–Trinajstić information content (AvgIpc) is 3.50. The van der Waals surface area contributed by atoms with Gasteiger partial charge in [-0.2, -0.15) is 0 Å². The molecule has 5 nitrogen and oxygen atoms in total. The number of rotatable bonds is 5. The van der Waals surface area contributed by atoms with Crippen LogP contribution in [0.3, 0.4) is 0 Å². The van der Waals surface area contributed by atoms with Crippen LogP contribution in [0.2, 0.25) is 0 Å². The standard InChI is InChI=1S/C21H26N4O/c1-15-5-4-11-22-18(15)14-25-12-3-2-6-19(25)21(26)24-20-10-9-17(13-23-20)16-7-8-16/h4-5,9-11,13,16,19H,2-3,6-8,12,14H2,1H3,(H,23,24,26)/t19-/m1/s1. The molecule has 0 aromatic carbocycles. The summed E-state index contributed by atoms with van der Waals surface area (Å²) in [6.07, 6.45) is 9.36. The van der Waals surface area contributed by atoms with Crippen molar-refractivity contribution in [1.29, 1.82) is 0 Å². The van der Waals surface area contributed by atoms with Crippen LogP contribution in [0.1, 0.15) is 54.8 Å². The van der Waals surface area contributed by atoms with Crippen molar-refractivity contribution in [2.75, 3.05) is 11.9 Å². The summed E-state index contributed by atoms with van der Waals surface area (Å²) >= 11 is 0. The summed E-state index contributed by atoms with van der Waals surface area (Å²) in [6, 6.07) is 7.94. The number of nitrogens with one attached hydrogen (secondary N) is 1. The second-order valence-corrected chi connectivity index (χ2v) is 7.49. The van der Waals surface area contributed by atoms with Crippen molar-refractivity contribution in [1.82, 2.24) is 14.9 Å². The van der Waals surface area contributed by atoms with Crippen LogP contribution in [-0.2, 0) is 11.3 Å². The van der Waals surface area contributed by atoms with Gasteiger partial charge < -0.3 is 5.32 Å². The first-order valence-corrected chi connectivity index (χ1v) is 9.62. The molecule has 136 valence electrons. The number of nitrogens with zero attached hydrogens (tertiary/aromatic N) is 3. The molecule has 0 unspecified atom stereocenters. The van der Waals surface area contributed by atoms with Gasteiger partial charge in [0.25, 0.3) is 0 Å². The van der Waals surface area contributed by atoms with Crippen molar-refractivity contribution in [3.8, 4) is 0 Å². The lowest BCUT2D eigenvalue weighted by Crippen LogP contribution is -2.46. The molecule has 2 aromatic heterocycles. The van der Waals surface area contributed by atoms with E-state index in [0.717, 1.165) is 38.0 Å². The fourth-order valence-corrected chi connectivity index (χ4v) is 3.70. The lowest BCUT2D eigenvalue weighted by Gasteiger charge is -2.34. The molecular formula is C21H26N4O. The first-order chi connectivity index (χ1) is 12.7. The van der Waals surface area contributed by atoms with Gasteiger partial charge in [0.2, 0.25) is 5.91 Å². The number of piperidine rings is 1. The highest BCUT2D eigenvalue weighted by Gasteiger charge is 2.29. The summed E-state index contributed by atoms with van der Waals surface area (Å²) in [7, 11) is 0. The quantitative estimate of drug-likeness (QED) is 0.894. The summed E-state index contributed by atoms with van der Waals surface area (Å²) in [5, 5.41) is 3.02. The van der Waals surface area contributed by atoms with Gasteiger partial charge in [-0.25, -0.2) is 4.98 Å². The summed E-state index contributed by atoms with van der Waals surface area (Å²) in [5.74, 6) is 1.38. The van der Waals surface area contributed by atoms with E-state index in [2.05, 4.69) is 39.2 Å². The predicted molar refractivity (Wildman–Crippen MR) is 102 cm³/mol. The highest BCUT2D eigenvalue weighted by atomic mass is 16.2. The van der Waals surface area contributed by atoms with Crippen LogP contribution in [-0.4, -0.2) is 33.4 Å². The minimum atomic E-state index is -0.116. The van der Waals surface area contributed by atoms with E-state index in [-0.39, 0.29) is 11.9 Å². The first kappa shape index (κ1) is 17.2. The number of carbonyl (C=O) groups is 1. The van der Waals surface area contributed by atoms with Crippen molar-refractivity contribution in [3.05, 3.63) is 53.5 Å². The molecule has 1 aliphatic carbocycles. The van der Waals surface area contributed by atoms with Crippen LogP contribution in [0.25, 0.3) is 0 Å². The van der Waals surface area contributed by atoms with Crippen molar-refractivity contribution in [2.24, 2.45) is 0 Å². The zero-order valence-electron chi connectivity index (χ0n) is 15.3. The van der Waals surface area contributed by atoms with Gasteiger partial charge in [-0.3, -0.25) is 14.7 Å². The molecule has 1 saturated heterocycles. The van der Waals surface area contributed by atoms with Gasteiger partial charge in [-0.05, 0) is 68.3 Å². The molecular weight excluding hydrogens is 324 g/mol. The molecule has 0 bridgehead atoms. The maximum Gasteiger partial charge on any atom is 0.242 e. The van der Waals surface area contributed by atoms with Gasteiger partial charge in [0.15, 0.2) is 0 Å². The lowest BCUT2D eigenvalue weighted by molar-refractivity contribution is -0.122. The molecule has 0 spiro atoms. The number of hydrogen-bond donors (Lipinski definition) is 1. The van der Waals surface area contributed by atoms with Crippen molar-refractivity contribution >= 4 is 11.7 Å². The SMILES string of the molecule is Cc1cccnc1CN1CCCC[C@@H]1C(=O)Nc1ccc(C2CC2)cn1. The maximum atomic E-state index is 12.9. The number of anilines is 1. The minimum absolute atomic E-state index is 0.0463. The van der Waals surface area contributed by atoms with Crippen molar-refractivity contribution < 1.29 is 4.79 Å². The molecule has 1 aliphatic heterocycles. The van der Waals surface area contributed by atoms with Crippen LogP contribution in [0.15, 0.2) is 36.7 Å². The molecule has 0 radical (unpaired) electrons. The lowest BCUT2D eigenvalue weighted by atomic mass is 10.0. The number of pyridine rings is 2. The van der Waals surface area contributed by atoms with Gasteiger partial charge in [-0.15, -0.1) is 0 Å². The Bertz CT molecular complexity index is 770. The zero-order chi connectivity index (χ0) is 17.9. The molecule has 2 aromatic rings. The Hall–Kier alpha value is -2.27. The van der Waals surface area contributed by atoms with E-state index in [1.165, 1.54) is 24.0 Å². The topological polar surface area (TPSA) is 58.1 Å². The Morgan fingerprint density at radius 1 is 1.19 bits per heavy atom. The molecule has 5 heteroatoms. The third-order valence-corrected chi connectivity index (χ3v) is 5.47. The van der Waals surface area contributed by atoms with Crippen molar-refractivity contribution in [3.63, 3.8) is 0 Å². The Balaban J connectivity index is 1.43. The highest BCUT2D eigenvalue weighted by molar-refractivity contribution is 5.94. The molecule has 26 heavy (non-hydrogen) atoms. The average molecular weight is 350 g/mol. The van der Waals surface area contributed by atoms with Gasteiger partial charge in [0.05, 0.1) is 11.7 Å². The zero-order valence-corrected chi connectivity index (χ0v) is 15.3. The van der Waals surface area contributed by atoms with E-state index in [1.807, 2.05) is 24.5 Å².